The molecule has 7 heteroatoms. The summed E-state index contributed by atoms with van der Waals surface area (Å²) in [4.78, 5) is 12.4. The van der Waals surface area contributed by atoms with Crippen LogP contribution in [0.15, 0.2) is 42.5 Å². The van der Waals surface area contributed by atoms with E-state index in [2.05, 4.69) is 5.32 Å². The Morgan fingerprint density at radius 2 is 1.78 bits per heavy atom. The first-order valence-corrected chi connectivity index (χ1v) is 10.6. The Balaban J connectivity index is 1.78. The third kappa shape index (κ3) is 6.52. The standard InChI is InChI=1S/C20H23Cl2NO3S/c1-3-17(26-19-10-5-4-9-18(19)25-2)20(24)23-11-12-27-13-14-15(21)7-6-8-16(14)22/h4-10,17H,3,11-13H2,1-2H3,(H,23,24)/t17-/m0/s1. The number of halogens is 2. The van der Waals surface area contributed by atoms with Gasteiger partial charge >= 0.3 is 0 Å². The molecule has 0 heterocycles. The van der Waals surface area contributed by atoms with Crippen LogP contribution in [-0.2, 0) is 10.5 Å². The summed E-state index contributed by atoms with van der Waals surface area (Å²) >= 11 is 14.0. The normalized spacial score (nSPS) is 11.7. The van der Waals surface area contributed by atoms with Crippen molar-refractivity contribution in [3.8, 4) is 11.5 Å². The number of hydrogen-bond donors (Lipinski definition) is 1. The molecule has 4 nitrogen and oxygen atoms in total. The molecule has 2 aromatic rings. The molecule has 0 radical (unpaired) electrons. The van der Waals surface area contributed by atoms with E-state index in [0.29, 0.717) is 40.3 Å². The molecule has 1 amide bonds. The summed E-state index contributed by atoms with van der Waals surface area (Å²) in [5.74, 6) is 2.47. The van der Waals surface area contributed by atoms with Gasteiger partial charge in [-0.05, 0) is 36.2 Å². The van der Waals surface area contributed by atoms with Crippen molar-refractivity contribution in [3.63, 3.8) is 0 Å². The summed E-state index contributed by atoms with van der Waals surface area (Å²) in [5.41, 5.74) is 0.920. The zero-order valence-electron chi connectivity index (χ0n) is 15.3. The van der Waals surface area contributed by atoms with E-state index in [-0.39, 0.29) is 5.91 Å². The molecule has 0 aromatic heterocycles. The monoisotopic (exact) mass is 427 g/mol. The lowest BCUT2D eigenvalue weighted by atomic mass is 10.2. The predicted octanol–water partition coefficient (Wildman–Crippen LogP) is 5.21. The van der Waals surface area contributed by atoms with E-state index < -0.39 is 6.10 Å². The highest BCUT2D eigenvalue weighted by Gasteiger charge is 2.19. The van der Waals surface area contributed by atoms with Gasteiger partial charge in [0, 0.05) is 28.1 Å². The zero-order valence-corrected chi connectivity index (χ0v) is 17.7. The van der Waals surface area contributed by atoms with Crippen LogP contribution in [0, 0.1) is 0 Å². The summed E-state index contributed by atoms with van der Waals surface area (Å²) in [6.07, 6.45) is -0.00369. The van der Waals surface area contributed by atoms with Crippen molar-refractivity contribution in [1.29, 1.82) is 0 Å². The molecular weight excluding hydrogens is 405 g/mol. The molecular formula is C20H23Cl2NO3S. The Labute approximate surface area is 174 Å². The van der Waals surface area contributed by atoms with Crippen molar-refractivity contribution >= 4 is 40.9 Å². The number of carbonyl (C=O) groups excluding carboxylic acids is 1. The molecule has 0 aliphatic rings. The maximum absolute atomic E-state index is 12.4. The van der Waals surface area contributed by atoms with E-state index in [1.807, 2.05) is 37.3 Å². The van der Waals surface area contributed by atoms with Gasteiger partial charge in [-0.1, -0.05) is 48.3 Å². The van der Waals surface area contributed by atoms with Crippen LogP contribution in [0.25, 0.3) is 0 Å². The van der Waals surface area contributed by atoms with E-state index in [0.717, 1.165) is 11.3 Å². The fraction of sp³-hybridized carbons (Fsp3) is 0.350. The molecule has 146 valence electrons. The lowest BCUT2D eigenvalue weighted by Gasteiger charge is -2.18. The maximum atomic E-state index is 12.4. The molecule has 0 aliphatic carbocycles. The summed E-state index contributed by atoms with van der Waals surface area (Å²) in [6.45, 7) is 2.45. The molecule has 1 N–H and O–H groups in total. The van der Waals surface area contributed by atoms with E-state index in [1.54, 1.807) is 31.0 Å². The number of thioether (sulfide) groups is 1. The van der Waals surface area contributed by atoms with Crippen molar-refractivity contribution in [2.45, 2.75) is 25.2 Å². The average molecular weight is 428 g/mol. The SMILES string of the molecule is CC[C@H](Oc1ccccc1OC)C(=O)NCCSCc1c(Cl)cccc1Cl. The molecule has 0 bridgehead atoms. The van der Waals surface area contributed by atoms with Gasteiger partial charge in [-0.2, -0.15) is 11.8 Å². The smallest absolute Gasteiger partial charge is 0.261 e. The number of hydrogen-bond acceptors (Lipinski definition) is 4. The van der Waals surface area contributed by atoms with Gasteiger partial charge in [0.15, 0.2) is 17.6 Å². The Bertz CT molecular complexity index is 738. The Hall–Kier alpha value is -1.56. The number of carbonyl (C=O) groups is 1. The third-order valence-corrected chi connectivity index (χ3v) is 5.55. The molecule has 0 saturated carbocycles. The van der Waals surface area contributed by atoms with Gasteiger partial charge in [0.25, 0.3) is 5.91 Å². The highest BCUT2D eigenvalue weighted by atomic mass is 35.5. The Morgan fingerprint density at radius 3 is 2.41 bits per heavy atom. The van der Waals surface area contributed by atoms with Crippen LogP contribution in [0.2, 0.25) is 10.0 Å². The van der Waals surface area contributed by atoms with Crippen LogP contribution in [0.5, 0.6) is 11.5 Å². The molecule has 0 aliphatic heterocycles. The first kappa shape index (κ1) is 21.7. The number of amides is 1. The maximum Gasteiger partial charge on any atom is 0.261 e. The lowest BCUT2D eigenvalue weighted by molar-refractivity contribution is -0.128. The number of rotatable bonds is 10. The van der Waals surface area contributed by atoms with Gasteiger partial charge in [-0.25, -0.2) is 0 Å². The van der Waals surface area contributed by atoms with Gasteiger partial charge < -0.3 is 14.8 Å². The topological polar surface area (TPSA) is 47.6 Å². The molecule has 1 atom stereocenters. The largest absolute Gasteiger partial charge is 0.493 e. The minimum atomic E-state index is -0.565. The van der Waals surface area contributed by atoms with Crippen LogP contribution in [0.3, 0.4) is 0 Å². The molecule has 2 rings (SSSR count). The molecule has 2 aromatic carbocycles. The molecule has 27 heavy (non-hydrogen) atoms. The Kier molecular flexibility index (Phi) is 9.11. The quantitative estimate of drug-likeness (QED) is 0.528. The van der Waals surface area contributed by atoms with Crippen molar-refractivity contribution in [2.24, 2.45) is 0 Å². The van der Waals surface area contributed by atoms with Crippen LogP contribution >= 0.6 is 35.0 Å². The van der Waals surface area contributed by atoms with Crippen molar-refractivity contribution in [3.05, 3.63) is 58.1 Å². The number of ether oxygens (including phenoxy) is 2. The fourth-order valence-electron chi connectivity index (χ4n) is 2.40. The number of methoxy groups -OCH3 is 1. The van der Waals surface area contributed by atoms with E-state index in [9.17, 15) is 4.79 Å². The van der Waals surface area contributed by atoms with E-state index in [4.69, 9.17) is 32.7 Å². The highest BCUT2D eigenvalue weighted by molar-refractivity contribution is 7.98. The van der Waals surface area contributed by atoms with Crippen molar-refractivity contribution in [2.75, 3.05) is 19.4 Å². The van der Waals surface area contributed by atoms with Crippen LogP contribution < -0.4 is 14.8 Å². The summed E-state index contributed by atoms with van der Waals surface area (Å²) < 4.78 is 11.1. The number of nitrogens with one attached hydrogen (secondary N) is 1. The first-order chi connectivity index (χ1) is 13.1. The lowest BCUT2D eigenvalue weighted by Crippen LogP contribution is -2.39. The summed E-state index contributed by atoms with van der Waals surface area (Å²) in [7, 11) is 1.58. The molecule has 0 saturated heterocycles. The number of para-hydroxylation sites is 2. The van der Waals surface area contributed by atoms with E-state index in [1.165, 1.54) is 0 Å². The predicted molar refractivity (Wildman–Crippen MR) is 113 cm³/mol. The summed E-state index contributed by atoms with van der Waals surface area (Å²) in [5, 5.41) is 4.24. The van der Waals surface area contributed by atoms with Gasteiger partial charge in [0.1, 0.15) is 0 Å². The van der Waals surface area contributed by atoms with Gasteiger partial charge in [-0.3, -0.25) is 4.79 Å². The third-order valence-electron chi connectivity index (χ3n) is 3.86. The highest BCUT2D eigenvalue weighted by Crippen LogP contribution is 2.28. The second-order valence-corrected chi connectivity index (χ2v) is 7.63. The van der Waals surface area contributed by atoms with Gasteiger partial charge in [-0.15, -0.1) is 0 Å². The molecule has 0 spiro atoms. The van der Waals surface area contributed by atoms with Crippen molar-refractivity contribution < 1.29 is 14.3 Å². The summed E-state index contributed by atoms with van der Waals surface area (Å²) in [6, 6.07) is 12.8. The molecule has 0 unspecified atom stereocenters. The van der Waals surface area contributed by atoms with Gasteiger partial charge in [0.05, 0.1) is 7.11 Å². The minimum Gasteiger partial charge on any atom is -0.493 e. The van der Waals surface area contributed by atoms with Crippen molar-refractivity contribution in [1.82, 2.24) is 5.32 Å². The Morgan fingerprint density at radius 1 is 1.11 bits per heavy atom. The second kappa shape index (κ2) is 11.3. The van der Waals surface area contributed by atoms with Crippen LogP contribution in [-0.4, -0.2) is 31.4 Å². The molecule has 0 fully saturated rings. The second-order valence-electron chi connectivity index (χ2n) is 5.71. The minimum absolute atomic E-state index is 0.139. The zero-order chi connectivity index (χ0) is 19.6. The fourth-order valence-corrected chi connectivity index (χ4v) is 3.99. The van der Waals surface area contributed by atoms with Gasteiger partial charge in [0.2, 0.25) is 0 Å². The van der Waals surface area contributed by atoms with E-state index >= 15 is 0 Å². The first-order valence-electron chi connectivity index (χ1n) is 8.64. The van der Waals surface area contributed by atoms with Crippen LogP contribution in [0.4, 0.5) is 0 Å². The number of benzene rings is 2. The average Bonchev–Trinajstić information content (AvgIpc) is 2.67. The van der Waals surface area contributed by atoms with Crippen LogP contribution in [0.1, 0.15) is 18.9 Å².